The van der Waals surface area contributed by atoms with Gasteiger partial charge in [0.15, 0.2) is 0 Å². The minimum Gasteiger partial charge on any atom is -0.426 e. The molecule has 47 heavy (non-hydrogen) atoms. The Hall–Kier alpha value is -2.62. The van der Waals surface area contributed by atoms with Crippen LogP contribution in [-0.2, 0) is 22.4 Å². The van der Waals surface area contributed by atoms with E-state index in [-0.39, 0.29) is 53.5 Å². The second kappa shape index (κ2) is 28.4. The third kappa shape index (κ3) is 17.4. The number of rotatable bonds is 12. The molecule has 4 nitrogen and oxygen atoms in total. The number of ether oxygens (including phenoxy) is 2. The van der Waals surface area contributed by atoms with Crippen molar-refractivity contribution in [3.05, 3.63) is 59.7 Å². The average molecular weight is 657 g/mol. The molecular formula is C43H76O4. The fourth-order valence-corrected chi connectivity index (χ4v) is 6.31. The molecule has 0 bridgehead atoms. The van der Waals surface area contributed by atoms with Crippen LogP contribution in [0.25, 0.3) is 0 Å². The number of benzene rings is 2. The lowest BCUT2D eigenvalue weighted by Gasteiger charge is -2.27. The molecule has 0 heterocycles. The second-order valence-corrected chi connectivity index (χ2v) is 12.0. The van der Waals surface area contributed by atoms with Crippen LogP contribution in [0.3, 0.4) is 0 Å². The van der Waals surface area contributed by atoms with Gasteiger partial charge >= 0.3 is 11.9 Å². The zero-order valence-corrected chi connectivity index (χ0v) is 28.2. The molecule has 0 aromatic heterocycles. The van der Waals surface area contributed by atoms with Crippen LogP contribution >= 0.6 is 0 Å². The van der Waals surface area contributed by atoms with E-state index < -0.39 is 0 Å². The van der Waals surface area contributed by atoms with E-state index in [9.17, 15) is 9.59 Å². The van der Waals surface area contributed by atoms with E-state index in [1.54, 1.807) is 24.3 Å². The van der Waals surface area contributed by atoms with Crippen molar-refractivity contribution in [2.24, 2.45) is 23.7 Å². The minimum absolute atomic E-state index is 0. The maximum atomic E-state index is 12.8. The van der Waals surface area contributed by atoms with Crippen molar-refractivity contribution in [1.29, 1.82) is 0 Å². The molecule has 0 radical (unpaired) electrons. The van der Waals surface area contributed by atoms with E-state index in [1.807, 2.05) is 27.7 Å². The van der Waals surface area contributed by atoms with Crippen molar-refractivity contribution in [2.75, 3.05) is 0 Å². The zero-order valence-electron chi connectivity index (χ0n) is 28.2. The maximum Gasteiger partial charge on any atom is 0.314 e. The number of esters is 2. The zero-order chi connectivity index (χ0) is 31.5. The molecule has 0 unspecified atom stereocenters. The number of aryl methyl sites for hydroxylation is 1. The Labute approximate surface area is 292 Å². The molecule has 2 aromatic rings. The van der Waals surface area contributed by atoms with E-state index in [1.165, 1.54) is 43.2 Å². The summed E-state index contributed by atoms with van der Waals surface area (Å²) in [7, 11) is 0. The summed E-state index contributed by atoms with van der Waals surface area (Å²) >= 11 is 0. The Morgan fingerprint density at radius 3 is 1.34 bits per heavy atom. The number of carbonyl (C=O) groups excluding carboxylic acids is 2. The quantitative estimate of drug-likeness (QED) is 0.168. The van der Waals surface area contributed by atoms with Gasteiger partial charge in [0.05, 0.1) is 11.8 Å². The van der Waals surface area contributed by atoms with Gasteiger partial charge in [-0.15, -0.1) is 0 Å². The van der Waals surface area contributed by atoms with Gasteiger partial charge in [-0.3, -0.25) is 9.59 Å². The van der Waals surface area contributed by atoms with Crippen LogP contribution in [0, 0.1) is 23.7 Å². The third-order valence-electron chi connectivity index (χ3n) is 8.95. The van der Waals surface area contributed by atoms with Gasteiger partial charge in [0.1, 0.15) is 11.5 Å². The molecule has 2 aliphatic carbocycles. The number of carbonyl (C=O) groups is 2. The van der Waals surface area contributed by atoms with Gasteiger partial charge < -0.3 is 9.47 Å². The van der Waals surface area contributed by atoms with E-state index in [2.05, 4.69) is 38.1 Å². The van der Waals surface area contributed by atoms with Crippen molar-refractivity contribution in [3.63, 3.8) is 0 Å². The normalized spacial score (nSPS) is 19.5. The standard InChI is InChI=1S/C35H48O4.2C2H6.4CH4/c1-3-5-7-26-9-11-28(12-10-26)25-29-15-19-31(20-16-29)35(37)39-33-23-21-32(22-24-33)38-34(36)30-17-13-27(14-18-30)8-6-4-2;2*1-2;;;;/h9-12,21-24,27,29-31H,3-8,13-20,25H2,1-2H3;2*1-2H3;4*1H4. The van der Waals surface area contributed by atoms with Gasteiger partial charge in [0.2, 0.25) is 0 Å². The van der Waals surface area contributed by atoms with Gasteiger partial charge in [0, 0.05) is 0 Å². The molecule has 4 heteroatoms. The van der Waals surface area contributed by atoms with Crippen LogP contribution in [0.5, 0.6) is 11.5 Å². The predicted molar refractivity (Wildman–Crippen MR) is 207 cm³/mol. The molecule has 2 aliphatic rings. The monoisotopic (exact) mass is 657 g/mol. The summed E-state index contributed by atoms with van der Waals surface area (Å²) in [5, 5.41) is 0. The van der Waals surface area contributed by atoms with E-state index >= 15 is 0 Å². The van der Waals surface area contributed by atoms with Gasteiger partial charge in [0.25, 0.3) is 0 Å². The Morgan fingerprint density at radius 1 is 0.553 bits per heavy atom. The van der Waals surface area contributed by atoms with E-state index in [0.717, 1.165) is 70.1 Å². The summed E-state index contributed by atoms with van der Waals surface area (Å²) in [5.41, 5.74) is 2.83. The highest BCUT2D eigenvalue weighted by Gasteiger charge is 2.29. The molecule has 0 spiro atoms. The summed E-state index contributed by atoms with van der Waals surface area (Å²) in [6, 6.07) is 16.1. The molecule has 0 amide bonds. The topological polar surface area (TPSA) is 52.6 Å². The molecule has 272 valence electrons. The smallest absolute Gasteiger partial charge is 0.314 e. The molecule has 2 fully saturated rings. The third-order valence-corrected chi connectivity index (χ3v) is 8.95. The number of unbranched alkanes of at least 4 members (excludes halogenated alkanes) is 2. The highest BCUT2D eigenvalue weighted by molar-refractivity contribution is 5.76. The Kier molecular flexibility index (Phi) is 29.5. The molecule has 0 N–H and O–H groups in total. The fraction of sp³-hybridized carbons (Fsp3) is 0.674. The molecule has 0 atom stereocenters. The van der Waals surface area contributed by atoms with Crippen molar-refractivity contribution < 1.29 is 19.1 Å². The SMILES string of the molecule is C.C.C.C.CC.CC.CCCCc1ccc(CC2CCC(C(=O)Oc3ccc(OC(=O)C4CCC(CCCC)CC4)cc3)CC2)cc1. The van der Waals surface area contributed by atoms with Crippen molar-refractivity contribution in [3.8, 4) is 11.5 Å². The second-order valence-electron chi connectivity index (χ2n) is 12.0. The predicted octanol–water partition coefficient (Wildman–Crippen LogP) is 13.5. The van der Waals surface area contributed by atoms with Crippen LogP contribution in [0.4, 0.5) is 0 Å². The number of hydrogen-bond acceptors (Lipinski definition) is 4. The molecule has 2 aromatic carbocycles. The first-order valence-corrected chi connectivity index (χ1v) is 17.6. The Morgan fingerprint density at radius 2 is 0.936 bits per heavy atom. The highest BCUT2D eigenvalue weighted by atomic mass is 16.5. The van der Waals surface area contributed by atoms with Crippen LogP contribution < -0.4 is 9.47 Å². The molecular weight excluding hydrogens is 580 g/mol. The minimum atomic E-state index is -0.140. The highest BCUT2D eigenvalue weighted by Crippen LogP contribution is 2.34. The molecule has 0 aliphatic heterocycles. The number of hydrogen-bond donors (Lipinski definition) is 0. The Balaban J connectivity index is -0.00000233. The van der Waals surface area contributed by atoms with Gasteiger partial charge in [-0.1, -0.05) is 121 Å². The lowest BCUT2D eigenvalue weighted by atomic mass is 9.79. The van der Waals surface area contributed by atoms with Crippen LogP contribution in [0.15, 0.2) is 48.5 Å². The average Bonchev–Trinajstić information content (AvgIpc) is 3.06. The maximum absolute atomic E-state index is 12.8. The summed E-state index contributed by atoms with van der Waals surface area (Å²) in [6.45, 7) is 12.5. The fourth-order valence-electron chi connectivity index (χ4n) is 6.31. The first-order valence-electron chi connectivity index (χ1n) is 17.6. The van der Waals surface area contributed by atoms with Crippen molar-refractivity contribution in [2.45, 2.75) is 168 Å². The Bertz CT molecular complexity index is 1010. The lowest BCUT2D eigenvalue weighted by molar-refractivity contribution is -0.141. The largest absolute Gasteiger partial charge is 0.426 e. The summed E-state index contributed by atoms with van der Waals surface area (Å²) in [4.78, 5) is 25.5. The van der Waals surface area contributed by atoms with Crippen LogP contribution in [0.2, 0.25) is 0 Å². The lowest BCUT2D eigenvalue weighted by Crippen LogP contribution is -2.26. The van der Waals surface area contributed by atoms with Gasteiger partial charge in [-0.2, -0.15) is 0 Å². The summed E-state index contributed by atoms with van der Waals surface area (Å²) in [5.74, 6) is 2.13. The van der Waals surface area contributed by atoms with E-state index in [0.29, 0.717) is 17.4 Å². The van der Waals surface area contributed by atoms with Gasteiger partial charge in [-0.05, 0) is 118 Å². The van der Waals surface area contributed by atoms with E-state index in [4.69, 9.17) is 9.47 Å². The van der Waals surface area contributed by atoms with Gasteiger partial charge in [-0.25, -0.2) is 0 Å². The van der Waals surface area contributed by atoms with Crippen molar-refractivity contribution in [1.82, 2.24) is 0 Å². The summed E-state index contributed by atoms with van der Waals surface area (Å²) < 4.78 is 11.3. The van der Waals surface area contributed by atoms with Crippen LogP contribution in [-0.4, -0.2) is 11.9 Å². The van der Waals surface area contributed by atoms with Crippen LogP contribution in [0.1, 0.15) is 166 Å². The summed E-state index contributed by atoms with van der Waals surface area (Å²) in [6.07, 6.45) is 16.5. The molecule has 2 saturated carbocycles. The molecule has 4 rings (SSSR count). The first kappa shape index (κ1) is 48.8. The first-order chi connectivity index (χ1) is 21.0. The van der Waals surface area contributed by atoms with Crippen molar-refractivity contribution >= 4 is 11.9 Å². The molecule has 0 saturated heterocycles.